The number of sulfonamides is 1. The summed E-state index contributed by atoms with van der Waals surface area (Å²) in [7, 11) is -1.37. The fourth-order valence-corrected chi connectivity index (χ4v) is 6.29. The van der Waals surface area contributed by atoms with E-state index in [1.807, 2.05) is 54.6 Å². The second-order valence-corrected chi connectivity index (χ2v) is 9.79. The van der Waals surface area contributed by atoms with Crippen molar-refractivity contribution in [2.75, 3.05) is 24.4 Å². The van der Waals surface area contributed by atoms with Gasteiger partial charge in [0.1, 0.15) is 4.75 Å². The van der Waals surface area contributed by atoms with Crippen LogP contribution in [0.4, 0.5) is 18.9 Å². The zero-order valence-corrected chi connectivity index (χ0v) is 17.7. The Morgan fingerprint density at radius 1 is 1.03 bits per heavy atom. The van der Waals surface area contributed by atoms with E-state index in [0.29, 0.717) is 19.4 Å². The Labute approximate surface area is 178 Å². The summed E-state index contributed by atoms with van der Waals surface area (Å²) < 4.78 is 59.7. The number of hydrogen-bond acceptors (Lipinski definition) is 4. The molecule has 0 radical (unpaired) electrons. The number of carbonyl (C=O) groups is 1. The largest absolute Gasteiger partial charge is 0.490 e. The number of aliphatic carboxylic acids is 1. The van der Waals surface area contributed by atoms with Gasteiger partial charge in [0.25, 0.3) is 0 Å². The standard InChI is InChI=1S/C19H22N2O2S.C2HF3O2/c1-20-13-11-19(12-14-20)17-9-5-6-10-18(17)21(24(19,22)23)15-16-7-3-2-4-8-16;3-2(4,5)1(6)7/h2-10H,11-15H2,1H3;(H,6,7). The number of anilines is 1. The smallest absolute Gasteiger partial charge is 0.475 e. The Morgan fingerprint density at radius 2 is 1.55 bits per heavy atom. The number of fused-ring (bicyclic) bond motifs is 2. The van der Waals surface area contributed by atoms with Crippen molar-refractivity contribution in [1.82, 2.24) is 4.90 Å². The molecule has 1 fully saturated rings. The van der Waals surface area contributed by atoms with Crippen molar-refractivity contribution < 1.29 is 31.5 Å². The first-order valence-electron chi connectivity index (χ1n) is 9.63. The minimum atomic E-state index is -5.08. The second kappa shape index (κ2) is 8.51. The molecule has 2 aliphatic heterocycles. The van der Waals surface area contributed by atoms with Crippen LogP contribution >= 0.6 is 0 Å². The Hall–Kier alpha value is -2.59. The van der Waals surface area contributed by atoms with Crippen LogP contribution in [0.2, 0.25) is 0 Å². The zero-order chi connectivity index (χ0) is 22.9. The van der Waals surface area contributed by atoms with E-state index >= 15 is 0 Å². The van der Waals surface area contributed by atoms with Crippen molar-refractivity contribution in [1.29, 1.82) is 0 Å². The normalized spacial score (nSPS) is 19.4. The van der Waals surface area contributed by atoms with Crippen LogP contribution in [0.1, 0.15) is 24.0 Å². The van der Waals surface area contributed by atoms with Gasteiger partial charge in [0.15, 0.2) is 0 Å². The van der Waals surface area contributed by atoms with E-state index in [-0.39, 0.29) is 0 Å². The highest BCUT2D eigenvalue weighted by atomic mass is 32.2. The first-order valence-corrected chi connectivity index (χ1v) is 11.1. The topological polar surface area (TPSA) is 77.9 Å². The zero-order valence-electron chi connectivity index (χ0n) is 16.8. The van der Waals surface area contributed by atoms with E-state index in [0.717, 1.165) is 29.9 Å². The summed E-state index contributed by atoms with van der Waals surface area (Å²) >= 11 is 0. The molecule has 2 aromatic carbocycles. The second-order valence-electron chi connectivity index (χ2n) is 7.61. The van der Waals surface area contributed by atoms with Crippen LogP contribution in [0.15, 0.2) is 54.6 Å². The maximum absolute atomic E-state index is 13.5. The molecule has 6 nitrogen and oxygen atoms in total. The Morgan fingerprint density at radius 3 is 2.10 bits per heavy atom. The maximum atomic E-state index is 13.5. The van der Waals surface area contributed by atoms with Gasteiger partial charge in [-0.05, 0) is 50.2 Å². The molecule has 10 heteroatoms. The molecule has 2 aliphatic rings. The molecule has 31 heavy (non-hydrogen) atoms. The van der Waals surface area contributed by atoms with Gasteiger partial charge in [0.2, 0.25) is 10.0 Å². The first kappa shape index (κ1) is 23.1. The van der Waals surface area contributed by atoms with Crippen LogP contribution in [0.5, 0.6) is 0 Å². The Kier molecular flexibility index (Phi) is 6.33. The van der Waals surface area contributed by atoms with Gasteiger partial charge < -0.3 is 10.0 Å². The molecule has 0 aliphatic carbocycles. The molecular weight excluding hydrogens is 433 g/mol. The van der Waals surface area contributed by atoms with Gasteiger partial charge in [-0.2, -0.15) is 13.2 Å². The molecule has 4 rings (SSSR count). The minimum Gasteiger partial charge on any atom is -0.475 e. The summed E-state index contributed by atoms with van der Waals surface area (Å²) in [5, 5.41) is 7.12. The van der Waals surface area contributed by atoms with Crippen LogP contribution in [0, 0.1) is 0 Å². The molecule has 0 aromatic heterocycles. The summed E-state index contributed by atoms with van der Waals surface area (Å²) in [4.78, 5) is 11.1. The van der Waals surface area contributed by atoms with E-state index in [4.69, 9.17) is 9.90 Å². The summed E-state index contributed by atoms with van der Waals surface area (Å²) in [5.41, 5.74) is 2.85. The molecule has 2 heterocycles. The van der Waals surface area contributed by atoms with Gasteiger partial charge in [0, 0.05) is 0 Å². The van der Waals surface area contributed by atoms with Crippen LogP contribution < -0.4 is 4.31 Å². The van der Waals surface area contributed by atoms with E-state index in [9.17, 15) is 21.6 Å². The van der Waals surface area contributed by atoms with Crippen molar-refractivity contribution in [2.24, 2.45) is 0 Å². The van der Waals surface area contributed by atoms with Crippen molar-refractivity contribution in [3.63, 3.8) is 0 Å². The lowest BCUT2D eigenvalue weighted by atomic mass is 9.87. The number of piperidine rings is 1. The highest BCUT2D eigenvalue weighted by molar-refractivity contribution is 7.94. The number of alkyl halides is 3. The quantitative estimate of drug-likeness (QED) is 0.747. The van der Waals surface area contributed by atoms with Crippen LogP contribution in [-0.2, 0) is 26.1 Å². The van der Waals surface area contributed by atoms with E-state index in [2.05, 4.69) is 11.9 Å². The van der Waals surface area contributed by atoms with Gasteiger partial charge in [-0.15, -0.1) is 0 Å². The third kappa shape index (κ3) is 4.40. The molecule has 2 aromatic rings. The summed E-state index contributed by atoms with van der Waals surface area (Å²) in [6, 6.07) is 17.7. The average Bonchev–Trinajstić information content (AvgIpc) is 2.89. The van der Waals surface area contributed by atoms with Gasteiger partial charge in [-0.25, -0.2) is 13.2 Å². The van der Waals surface area contributed by atoms with Crippen molar-refractivity contribution in [3.8, 4) is 0 Å². The number of para-hydroxylation sites is 1. The lowest BCUT2D eigenvalue weighted by molar-refractivity contribution is -0.192. The molecule has 0 saturated carbocycles. The number of hydrogen-bond donors (Lipinski definition) is 1. The van der Waals surface area contributed by atoms with E-state index < -0.39 is 26.9 Å². The van der Waals surface area contributed by atoms with Crippen LogP contribution in [0.25, 0.3) is 0 Å². The van der Waals surface area contributed by atoms with Gasteiger partial charge in [0.05, 0.1) is 12.2 Å². The Bertz CT molecular complexity index is 1030. The molecule has 1 N–H and O–H groups in total. The lowest BCUT2D eigenvalue weighted by Gasteiger charge is -2.37. The Balaban J connectivity index is 0.000000339. The SMILES string of the molecule is CN1CCC2(CC1)c1ccccc1N(Cc1ccccc1)S2(=O)=O.O=C(O)C(F)(F)F. The predicted molar refractivity (Wildman–Crippen MR) is 110 cm³/mol. The molecule has 0 bridgehead atoms. The highest BCUT2D eigenvalue weighted by Gasteiger charge is 2.56. The number of carboxylic acid groups (broad SMARTS) is 1. The van der Waals surface area contributed by atoms with Crippen molar-refractivity contribution >= 4 is 21.7 Å². The third-order valence-electron chi connectivity index (χ3n) is 5.65. The van der Waals surface area contributed by atoms with Gasteiger partial charge >= 0.3 is 12.1 Å². The lowest BCUT2D eigenvalue weighted by Crippen LogP contribution is -2.47. The third-order valence-corrected chi connectivity index (χ3v) is 8.18. The number of benzene rings is 2. The average molecular weight is 456 g/mol. The molecular formula is C21H23F3N2O4S. The molecule has 0 atom stereocenters. The molecule has 1 spiro atoms. The number of carboxylic acids is 1. The van der Waals surface area contributed by atoms with Crippen molar-refractivity contribution in [2.45, 2.75) is 30.3 Å². The van der Waals surface area contributed by atoms with Gasteiger partial charge in [-0.3, -0.25) is 4.31 Å². The van der Waals surface area contributed by atoms with E-state index in [1.54, 1.807) is 4.31 Å². The summed E-state index contributed by atoms with van der Waals surface area (Å²) in [6.45, 7) is 2.03. The van der Waals surface area contributed by atoms with Crippen molar-refractivity contribution in [3.05, 3.63) is 65.7 Å². The number of likely N-dealkylation sites (tertiary alicyclic amines) is 1. The first-order chi connectivity index (χ1) is 14.5. The number of halogens is 3. The summed E-state index contributed by atoms with van der Waals surface area (Å²) in [6.07, 6.45) is -3.76. The predicted octanol–water partition coefficient (Wildman–Crippen LogP) is 3.59. The fourth-order valence-electron chi connectivity index (χ4n) is 3.98. The highest BCUT2D eigenvalue weighted by Crippen LogP contribution is 2.52. The maximum Gasteiger partial charge on any atom is 0.490 e. The van der Waals surface area contributed by atoms with Crippen LogP contribution in [0.3, 0.4) is 0 Å². The molecule has 1 saturated heterocycles. The fraction of sp³-hybridized carbons (Fsp3) is 0.381. The molecule has 0 amide bonds. The number of nitrogens with zero attached hydrogens (tertiary/aromatic N) is 2. The van der Waals surface area contributed by atoms with E-state index in [1.165, 1.54) is 0 Å². The monoisotopic (exact) mass is 456 g/mol. The molecule has 0 unspecified atom stereocenters. The molecule has 168 valence electrons. The van der Waals surface area contributed by atoms with Gasteiger partial charge in [-0.1, -0.05) is 48.5 Å². The summed E-state index contributed by atoms with van der Waals surface area (Å²) in [5.74, 6) is -2.76. The number of rotatable bonds is 2. The minimum absolute atomic E-state index is 0.401. The van der Waals surface area contributed by atoms with Crippen LogP contribution in [-0.4, -0.2) is 50.7 Å².